The van der Waals surface area contributed by atoms with E-state index in [1.807, 2.05) is 0 Å². The molecule has 1 unspecified atom stereocenters. The molecule has 2 aromatic rings. The largest absolute Gasteiger partial charge is 0.330 e. The number of carbonyl (C=O) groups is 2. The Kier molecular flexibility index (Phi) is 7.82. The van der Waals surface area contributed by atoms with Gasteiger partial charge in [-0.25, -0.2) is 0 Å². The number of nitrogens with zero attached hydrogens (tertiary/aromatic N) is 2. The molecule has 1 heterocycles. The predicted molar refractivity (Wildman–Crippen MR) is 103 cm³/mol. The minimum atomic E-state index is -0.420. The average Bonchev–Trinajstić information content (AvgIpc) is 3.15. The first-order valence-electron chi connectivity index (χ1n) is 9.00. The van der Waals surface area contributed by atoms with E-state index in [1.165, 1.54) is 0 Å². The number of hydrogen-bond acceptors (Lipinski definition) is 4. The Morgan fingerprint density at radius 2 is 1.85 bits per heavy atom. The number of benzene rings is 1. The number of unbranched alkanes of at least 4 members (excludes halogenated alkanes) is 3. The molecule has 4 N–H and O–H groups in total. The van der Waals surface area contributed by atoms with E-state index in [0.717, 1.165) is 25.7 Å². The molecule has 2 amide bonds. The van der Waals surface area contributed by atoms with E-state index in [9.17, 15) is 9.59 Å². The highest BCUT2D eigenvalue weighted by molar-refractivity contribution is 5.95. The minimum absolute atomic E-state index is 0.0221. The van der Waals surface area contributed by atoms with E-state index >= 15 is 0 Å². The van der Waals surface area contributed by atoms with Gasteiger partial charge in [0.25, 0.3) is 0 Å². The molecule has 0 bridgehead atoms. The molecule has 1 atom stereocenters. The number of nitrogens with two attached hydrogens (primary N) is 1. The van der Waals surface area contributed by atoms with Crippen molar-refractivity contribution in [2.75, 3.05) is 17.2 Å². The lowest BCUT2D eigenvalue weighted by atomic mass is 10.1. The predicted octanol–water partition coefficient (Wildman–Crippen LogP) is 2.93. The van der Waals surface area contributed by atoms with Crippen LogP contribution in [0, 0.1) is 0 Å². The third-order valence-electron chi connectivity index (χ3n) is 4.07. The summed E-state index contributed by atoms with van der Waals surface area (Å²) in [7, 11) is 0. The number of aromatic nitrogens is 2. The van der Waals surface area contributed by atoms with Crippen LogP contribution in [0.25, 0.3) is 0 Å². The summed E-state index contributed by atoms with van der Waals surface area (Å²) in [6.07, 6.45) is 7.78. The zero-order valence-corrected chi connectivity index (χ0v) is 15.1. The quantitative estimate of drug-likeness (QED) is 0.569. The number of nitrogens with one attached hydrogen (secondary N) is 2. The van der Waals surface area contributed by atoms with Gasteiger partial charge in [0.2, 0.25) is 11.8 Å². The number of rotatable bonds is 10. The monoisotopic (exact) mass is 357 g/mol. The van der Waals surface area contributed by atoms with Crippen LogP contribution < -0.4 is 16.4 Å². The molecular weight excluding hydrogens is 330 g/mol. The molecule has 7 nitrogen and oxygen atoms in total. The van der Waals surface area contributed by atoms with E-state index in [0.29, 0.717) is 24.3 Å². The second-order valence-corrected chi connectivity index (χ2v) is 6.23. The fraction of sp³-hybridized carbons (Fsp3) is 0.421. The fourth-order valence-electron chi connectivity index (χ4n) is 2.56. The minimum Gasteiger partial charge on any atom is -0.330 e. The van der Waals surface area contributed by atoms with Crippen molar-refractivity contribution < 1.29 is 9.59 Å². The Labute approximate surface area is 154 Å². The van der Waals surface area contributed by atoms with Crippen molar-refractivity contribution in [2.24, 2.45) is 5.73 Å². The summed E-state index contributed by atoms with van der Waals surface area (Å²) >= 11 is 0. The molecule has 0 saturated carbocycles. The Bertz CT molecular complexity index is 700. The van der Waals surface area contributed by atoms with E-state index in [1.54, 1.807) is 54.3 Å². The van der Waals surface area contributed by atoms with Crippen molar-refractivity contribution in [3.63, 3.8) is 0 Å². The van der Waals surface area contributed by atoms with Gasteiger partial charge in [0.1, 0.15) is 6.04 Å². The van der Waals surface area contributed by atoms with Crippen LogP contribution in [0.3, 0.4) is 0 Å². The van der Waals surface area contributed by atoms with Crippen LogP contribution >= 0.6 is 0 Å². The van der Waals surface area contributed by atoms with Crippen LogP contribution in [-0.4, -0.2) is 28.1 Å². The van der Waals surface area contributed by atoms with Gasteiger partial charge in [0.15, 0.2) is 0 Å². The normalized spacial score (nSPS) is 11.8. The zero-order chi connectivity index (χ0) is 18.8. The van der Waals surface area contributed by atoms with Gasteiger partial charge in [-0.15, -0.1) is 0 Å². The van der Waals surface area contributed by atoms with Crippen molar-refractivity contribution in [1.82, 2.24) is 9.78 Å². The van der Waals surface area contributed by atoms with Crippen molar-refractivity contribution in [3.8, 4) is 0 Å². The summed E-state index contributed by atoms with van der Waals surface area (Å²) in [4.78, 5) is 24.3. The first-order valence-corrected chi connectivity index (χ1v) is 9.00. The Hall–Kier alpha value is -2.67. The summed E-state index contributed by atoms with van der Waals surface area (Å²) in [5.41, 5.74) is 6.76. The Morgan fingerprint density at radius 3 is 2.54 bits per heavy atom. The van der Waals surface area contributed by atoms with Crippen LogP contribution in [0.2, 0.25) is 0 Å². The molecule has 0 aliphatic heterocycles. The first kappa shape index (κ1) is 19.7. The van der Waals surface area contributed by atoms with Crippen molar-refractivity contribution in [3.05, 3.63) is 42.7 Å². The van der Waals surface area contributed by atoms with E-state index in [-0.39, 0.29) is 11.8 Å². The third-order valence-corrected chi connectivity index (χ3v) is 4.07. The highest BCUT2D eigenvalue weighted by Gasteiger charge is 2.15. The molecule has 0 radical (unpaired) electrons. The molecule has 140 valence electrons. The van der Waals surface area contributed by atoms with Crippen LogP contribution in [0.5, 0.6) is 0 Å². The summed E-state index contributed by atoms with van der Waals surface area (Å²) in [5.74, 6) is -0.191. The highest BCUT2D eigenvalue weighted by Crippen LogP contribution is 2.17. The van der Waals surface area contributed by atoms with Gasteiger partial charge in [-0.2, -0.15) is 5.10 Å². The van der Waals surface area contributed by atoms with Crippen LogP contribution in [0.4, 0.5) is 11.4 Å². The maximum Gasteiger partial charge on any atom is 0.248 e. The van der Waals surface area contributed by atoms with Crippen LogP contribution in [0.15, 0.2) is 42.7 Å². The van der Waals surface area contributed by atoms with Gasteiger partial charge < -0.3 is 16.4 Å². The molecule has 0 spiro atoms. The summed E-state index contributed by atoms with van der Waals surface area (Å²) in [5, 5.41) is 9.79. The van der Waals surface area contributed by atoms with Crippen molar-refractivity contribution in [2.45, 2.75) is 45.1 Å². The van der Waals surface area contributed by atoms with Gasteiger partial charge in [0.05, 0.1) is 0 Å². The molecular formula is C19H27N5O2. The highest BCUT2D eigenvalue weighted by atomic mass is 16.2. The molecule has 0 aliphatic rings. The van der Waals surface area contributed by atoms with Gasteiger partial charge in [0, 0.05) is 30.2 Å². The molecule has 7 heteroatoms. The summed E-state index contributed by atoms with van der Waals surface area (Å²) < 4.78 is 1.59. The molecule has 0 fully saturated rings. The maximum atomic E-state index is 12.3. The fourth-order valence-corrected chi connectivity index (χ4v) is 2.56. The average molecular weight is 357 g/mol. The van der Waals surface area contributed by atoms with Gasteiger partial charge in [-0.1, -0.05) is 18.9 Å². The lowest BCUT2D eigenvalue weighted by Gasteiger charge is -2.13. The van der Waals surface area contributed by atoms with Crippen LogP contribution in [-0.2, 0) is 9.59 Å². The Balaban J connectivity index is 1.83. The molecule has 1 aromatic heterocycles. The lowest BCUT2D eigenvalue weighted by molar-refractivity contribution is -0.119. The smallest absolute Gasteiger partial charge is 0.248 e. The maximum absolute atomic E-state index is 12.3. The van der Waals surface area contributed by atoms with Crippen LogP contribution in [0.1, 0.15) is 45.1 Å². The summed E-state index contributed by atoms with van der Waals surface area (Å²) in [6, 6.07) is 8.49. The molecule has 26 heavy (non-hydrogen) atoms. The molecule has 2 rings (SSSR count). The lowest BCUT2D eigenvalue weighted by Crippen LogP contribution is -2.24. The van der Waals surface area contributed by atoms with E-state index in [2.05, 4.69) is 15.7 Å². The molecule has 0 aliphatic carbocycles. The van der Waals surface area contributed by atoms with Crippen molar-refractivity contribution in [1.29, 1.82) is 0 Å². The van der Waals surface area contributed by atoms with Crippen molar-refractivity contribution >= 4 is 23.2 Å². The third kappa shape index (κ3) is 6.33. The van der Waals surface area contributed by atoms with E-state index in [4.69, 9.17) is 5.73 Å². The number of anilines is 2. The second-order valence-electron chi connectivity index (χ2n) is 6.23. The topological polar surface area (TPSA) is 102 Å². The first-order chi connectivity index (χ1) is 12.6. The van der Waals surface area contributed by atoms with Gasteiger partial charge in [-0.3, -0.25) is 14.3 Å². The zero-order valence-electron chi connectivity index (χ0n) is 15.1. The number of hydrogen-bond donors (Lipinski definition) is 3. The summed E-state index contributed by atoms with van der Waals surface area (Å²) in [6.45, 7) is 2.47. The van der Waals surface area contributed by atoms with Gasteiger partial charge in [-0.05, 0) is 50.6 Å². The Morgan fingerprint density at radius 1 is 1.12 bits per heavy atom. The molecule has 1 aromatic carbocycles. The SMILES string of the molecule is CC(C(=O)Nc1cccc(NC(=O)CCCCCCN)c1)n1cccn1. The number of amides is 2. The van der Waals surface area contributed by atoms with E-state index < -0.39 is 6.04 Å². The standard InChI is InChI=1S/C19H27N5O2/c1-15(24-13-7-12-21-24)19(26)23-17-9-6-8-16(14-17)22-18(25)10-4-2-3-5-11-20/h6-9,12-15H,2-5,10-11,20H2,1H3,(H,22,25)(H,23,26). The second kappa shape index (κ2) is 10.4. The number of carbonyl (C=O) groups excluding carboxylic acids is 2. The molecule has 0 saturated heterocycles. The van der Waals surface area contributed by atoms with Gasteiger partial charge >= 0.3 is 0 Å².